The molecule has 14 aromatic rings. The van der Waals surface area contributed by atoms with Crippen molar-refractivity contribution in [3.05, 3.63) is 321 Å². The molecule has 0 fully saturated rings. The van der Waals surface area contributed by atoms with Gasteiger partial charge in [-0.1, -0.05) is 227 Å². The van der Waals surface area contributed by atoms with E-state index in [9.17, 15) is 0 Å². The zero-order valence-corrected chi connectivity index (χ0v) is 48.9. The molecule has 87 heavy (non-hydrogen) atoms. The van der Waals surface area contributed by atoms with Gasteiger partial charge in [-0.2, -0.15) is 0 Å². The molecular weight excluding hydrogens is 1050 g/mol. The van der Waals surface area contributed by atoms with Crippen molar-refractivity contribution in [1.82, 2.24) is 4.57 Å². The molecule has 0 unspecified atom stereocenters. The van der Waals surface area contributed by atoms with Crippen molar-refractivity contribution in [2.75, 3.05) is 14.7 Å². The zero-order valence-electron chi connectivity index (χ0n) is 48.9. The second-order valence-electron chi connectivity index (χ2n) is 24.1. The van der Waals surface area contributed by atoms with Crippen molar-refractivity contribution in [2.45, 2.75) is 26.2 Å². The number of nitrogens with zero attached hydrogens (tertiary/aromatic N) is 4. The summed E-state index contributed by atoms with van der Waals surface area (Å²) in [6, 6.07) is 117. The van der Waals surface area contributed by atoms with Crippen LogP contribution in [0.2, 0.25) is 0 Å². The van der Waals surface area contributed by atoms with Crippen LogP contribution >= 0.6 is 0 Å². The molecule has 13 aromatic carbocycles. The Kier molecular flexibility index (Phi) is 12.5. The first kappa shape index (κ1) is 51.7. The average Bonchev–Trinajstić information content (AvgIpc) is 0.926. The fourth-order valence-electron chi connectivity index (χ4n) is 13.7. The van der Waals surface area contributed by atoms with Crippen LogP contribution in [0.1, 0.15) is 26.3 Å². The van der Waals surface area contributed by atoms with E-state index in [0.29, 0.717) is 0 Å². The van der Waals surface area contributed by atoms with E-state index in [4.69, 9.17) is 0 Å². The van der Waals surface area contributed by atoms with Crippen LogP contribution in [-0.4, -0.2) is 11.3 Å². The highest BCUT2D eigenvalue weighted by atomic mass is 15.2. The fourth-order valence-corrected chi connectivity index (χ4v) is 13.7. The van der Waals surface area contributed by atoms with Gasteiger partial charge in [-0.3, -0.25) is 0 Å². The lowest BCUT2D eigenvalue weighted by Crippen LogP contribution is -2.61. The molecule has 412 valence electrons. The van der Waals surface area contributed by atoms with E-state index in [2.05, 4.69) is 355 Å². The Morgan fingerprint density at radius 2 is 0.747 bits per heavy atom. The molecule has 0 amide bonds. The minimum absolute atomic E-state index is 0.119. The van der Waals surface area contributed by atoms with Gasteiger partial charge in [0.05, 0.1) is 11.0 Å². The molecule has 0 spiro atoms. The van der Waals surface area contributed by atoms with Gasteiger partial charge in [0.1, 0.15) is 0 Å². The minimum Gasteiger partial charge on any atom is -0.311 e. The summed E-state index contributed by atoms with van der Waals surface area (Å²) >= 11 is 0. The first-order valence-electron chi connectivity index (χ1n) is 30.3. The van der Waals surface area contributed by atoms with Crippen molar-refractivity contribution < 1.29 is 0 Å². The van der Waals surface area contributed by atoms with Crippen molar-refractivity contribution in [1.29, 1.82) is 0 Å². The van der Waals surface area contributed by atoms with Gasteiger partial charge in [0, 0.05) is 67.6 Å². The molecule has 0 N–H and O–H groups in total. The molecule has 5 heteroatoms. The largest absolute Gasteiger partial charge is 0.311 e. The molecule has 0 radical (unpaired) electrons. The highest BCUT2D eigenvalue weighted by Gasteiger charge is 2.45. The molecule has 2 aliphatic heterocycles. The normalized spacial score (nSPS) is 12.5. The third kappa shape index (κ3) is 9.01. The van der Waals surface area contributed by atoms with Crippen LogP contribution in [-0.2, 0) is 5.41 Å². The van der Waals surface area contributed by atoms with E-state index in [-0.39, 0.29) is 12.1 Å². The van der Waals surface area contributed by atoms with E-state index in [1.54, 1.807) is 0 Å². The van der Waals surface area contributed by atoms with Crippen LogP contribution in [0, 0.1) is 0 Å². The van der Waals surface area contributed by atoms with E-state index in [1.165, 1.54) is 94.3 Å². The number of hydrogen-bond acceptors (Lipinski definition) is 3. The maximum atomic E-state index is 2.60. The number of benzene rings is 13. The second-order valence-corrected chi connectivity index (χ2v) is 24.1. The lowest BCUT2D eigenvalue weighted by molar-refractivity contribution is 0.590. The number of para-hydroxylation sites is 3. The molecule has 16 rings (SSSR count). The average molecular weight is 1110 g/mol. The number of fused-ring (bicyclic) bond motifs is 7. The number of anilines is 9. The van der Waals surface area contributed by atoms with E-state index >= 15 is 0 Å². The van der Waals surface area contributed by atoms with Gasteiger partial charge in [0.15, 0.2) is 0 Å². The van der Waals surface area contributed by atoms with Crippen LogP contribution < -0.4 is 31.1 Å². The fraction of sp³-hybridized carbons (Fsp3) is 0.0488. The Balaban J connectivity index is 0.970. The van der Waals surface area contributed by atoms with Gasteiger partial charge in [0.2, 0.25) is 0 Å². The maximum Gasteiger partial charge on any atom is 0.252 e. The summed E-state index contributed by atoms with van der Waals surface area (Å²) in [5, 5.41) is 2.39. The van der Waals surface area contributed by atoms with Crippen LogP contribution in [0.3, 0.4) is 0 Å². The number of rotatable bonds is 10. The molecule has 0 saturated heterocycles. The van der Waals surface area contributed by atoms with Crippen LogP contribution in [0.4, 0.5) is 51.2 Å². The van der Waals surface area contributed by atoms with Gasteiger partial charge in [0.25, 0.3) is 6.71 Å². The van der Waals surface area contributed by atoms with Crippen molar-refractivity contribution in [3.63, 3.8) is 0 Å². The predicted molar refractivity (Wildman–Crippen MR) is 370 cm³/mol. The topological polar surface area (TPSA) is 14.7 Å². The molecule has 0 atom stereocenters. The third-order valence-electron chi connectivity index (χ3n) is 17.8. The van der Waals surface area contributed by atoms with Gasteiger partial charge < -0.3 is 19.3 Å². The summed E-state index contributed by atoms with van der Waals surface area (Å²) in [7, 11) is 0. The highest BCUT2D eigenvalue weighted by Crippen LogP contribution is 2.50. The summed E-state index contributed by atoms with van der Waals surface area (Å²) in [6.07, 6.45) is 0. The molecule has 0 saturated carbocycles. The first-order chi connectivity index (χ1) is 42.8. The van der Waals surface area contributed by atoms with Gasteiger partial charge >= 0.3 is 0 Å². The Bertz CT molecular complexity index is 4800. The summed E-state index contributed by atoms with van der Waals surface area (Å²) in [5.41, 5.74) is 27.8. The monoisotopic (exact) mass is 1110 g/mol. The summed E-state index contributed by atoms with van der Waals surface area (Å²) in [4.78, 5) is 7.56. The molecular formula is C82H61BN4. The van der Waals surface area contributed by atoms with Crippen molar-refractivity contribution in [3.8, 4) is 50.2 Å². The number of aromatic nitrogens is 1. The summed E-state index contributed by atoms with van der Waals surface area (Å²) in [6.45, 7) is 6.96. The summed E-state index contributed by atoms with van der Waals surface area (Å²) < 4.78 is 2.49. The minimum atomic E-state index is -0.224. The molecule has 3 heterocycles. The Morgan fingerprint density at radius 3 is 1.32 bits per heavy atom. The van der Waals surface area contributed by atoms with Gasteiger partial charge in [-0.15, -0.1) is 0 Å². The van der Waals surface area contributed by atoms with Crippen molar-refractivity contribution >= 4 is 96.1 Å². The SMILES string of the molecule is CC(C)(C)c1cc2c3c(c1)N(c1cccc(-c4ccccc4)c1)c1cc(-n4c5ccccc5c5cc(N(c6ccccc6)c6ccccc6)ccc54)ccc1B3c1ccc(-c3ccccc3)cc1N2c1cc(-c2ccccc2)cc(-c2ccccc2)c1. The molecule has 2 aliphatic rings. The lowest BCUT2D eigenvalue weighted by Gasteiger charge is -2.45. The Morgan fingerprint density at radius 1 is 0.287 bits per heavy atom. The third-order valence-corrected chi connectivity index (χ3v) is 17.8. The van der Waals surface area contributed by atoms with Crippen LogP contribution in [0.25, 0.3) is 72.0 Å². The lowest BCUT2D eigenvalue weighted by atomic mass is 9.33. The molecule has 0 aliphatic carbocycles. The van der Waals surface area contributed by atoms with Crippen LogP contribution in [0.15, 0.2) is 315 Å². The van der Waals surface area contributed by atoms with E-state index in [1.807, 2.05) is 0 Å². The molecule has 4 nitrogen and oxygen atoms in total. The maximum absolute atomic E-state index is 2.60. The Labute approximate surface area is 509 Å². The Hall–Kier alpha value is -10.9. The van der Waals surface area contributed by atoms with Crippen LogP contribution in [0.5, 0.6) is 0 Å². The van der Waals surface area contributed by atoms with E-state index in [0.717, 1.165) is 50.8 Å². The smallest absolute Gasteiger partial charge is 0.252 e. The zero-order chi connectivity index (χ0) is 58.2. The standard InChI is InChI=1S/C82H61BN4/c1-82(2,3)64-52-79-81-80(53-64)87(70-49-62(58-29-14-6-15-30-58)47-63(50-70)59-31-16-7-17-32-59)77-51-61(57-27-12-5-13-28-57)41-44-73(77)83(81)74-45-42-69(55-78(74)86(79)67-38-24-33-60(48-67)56-25-10-4-11-26-56)85-75-40-23-22-39-71(75)72-54-68(43-46-76(72)85)84(65-34-18-8-19-35-65)66-36-20-9-21-37-66/h4-55H,1-3H3. The predicted octanol–water partition coefficient (Wildman–Crippen LogP) is 20.3. The van der Waals surface area contributed by atoms with Gasteiger partial charge in [-0.25, -0.2) is 0 Å². The van der Waals surface area contributed by atoms with Crippen molar-refractivity contribution in [2.24, 2.45) is 0 Å². The first-order valence-corrected chi connectivity index (χ1v) is 30.3. The van der Waals surface area contributed by atoms with E-state index < -0.39 is 0 Å². The second kappa shape index (κ2) is 21.0. The highest BCUT2D eigenvalue weighted by molar-refractivity contribution is 7.00. The quantitative estimate of drug-likeness (QED) is 0.127. The summed E-state index contributed by atoms with van der Waals surface area (Å²) in [5.74, 6) is 0. The molecule has 1 aromatic heterocycles. The van der Waals surface area contributed by atoms with Gasteiger partial charge in [-0.05, 0) is 181 Å². The molecule has 0 bridgehead atoms. The number of hydrogen-bond donors (Lipinski definition) is 0.